The van der Waals surface area contributed by atoms with Gasteiger partial charge in [-0.15, -0.1) is 0 Å². The highest BCUT2D eigenvalue weighted by Crippen LogP contribution is 2.19. The number of para-hydroxylation sites is 2. The summed E-state index contributed by atoms with van der Waals surface area (Å²) >= 11 is 0. The molecule has 0 spiro atoms. The third-order valence-corrected chi connectivity index (χ3v) is 4.58. The molecule has 1 aliphatic rings. The Hall–Kier alpha value is -3.35. The van der Waals surface area contributed by atoms with Crippen LogP contribution in [0.5, 0.6) is 0 Å². The summed E-state index contributed by atoms with van der Waals surface area (Å²) in [5.41, 5.74) is 7.86. The number of carbonyl (C=O) groups excluding carboxylic acids is 3. The van der Waals surface area contributed by atoms with Gasteiger partial charge in [-0.3, -0.25) is 14.4 Å². The molecule has 27 heavy (non-hydrogen) atoms. The molecule has 1 saturated heterocycles. The zero-order valence-electron chi connectivity index (χ0n) is 15.1. The number of benzene rings is 2. The second-order valence-corrected chi connectivity index (χ2v) is 6.47. The van der Waals surface area contributed by atoms with Gasteiger partial charge in [-0.2, -0.15) is 0 Å². The first-order valence-electron chi connectivity index (χ1n) is 8.82. The molecule has 3 rings (SSSR count). The van der Waals surface area contributed by atoms with Crippen molar-refractivity contribution in [2.75, 3.05) is 22.9 Å². The van der Waals surface area contributed by atoms with Crippen molar-refractivity contribution in [3.05, 3.63) is 54.1 Å². The van der Waals surface area contributed by atoms with Crippen molar-refractivity contribution in [3.8, 4) is 0 Å². The van der Waals surface area contributed by atoms with Crippen molar-refractivity contribution in [2.24, 2.45) is 0 Å². The van der Waals surface area contributed by atoms with E-state index in [1.54, 1.807) is 60.4 Å². The highest BCUT2D eigenvalue weighted by molar-refractivity contribution is 6.06. The molecule has 2 aromatic carbocycles. The van der Waals surface area contributed by atoms with E-state index < -0.39 is 6.04 Å². The number of nitrogens with zero attached hydrogens (tertiary/aromatic N) is 1. The van der Waals surface area contributed by atoms with Crippen LogP contribution in [0.3, 0.4) is 0 Å². The molecular weight excluding hydrogens is 344 g/mol. The normalized spacial score (nSPS) is 14.7. The minimum absolute atomic E-state index is 0.00449. The number of carbonyl (C=O) groups is 3. The van der Waals surface area contributed by atoms with Crippen molar-refractivity contribution >= 4 is 34.8 Å². The molecule has 4 N–H and O–H groups in total. The molecule has 0 bridgehead atoms. The van der Waals surface area contributed by atoms with Crippen LogP contribution in [0.4, 0.5) is 17.1 Å². The summed E-state index contributed by atoms with van der Waals surface area (Å²) in [6, 6.07) is 13.0. The monoisotopic (exact) mass is 366 g/mol. The van der Waals surface area contributed by atoms with Crippen LogP contribution in [-0.2, 0) is 9.59 Å². The van der Waals surface area contributed by atoms with Crippen LogP contribution >= 0.6 is 0 Å². The first-order valence-corrected chi connectivity index (χ1v) is 8.82. The van der Waals surface area contributed by atoms with Gasteiger partial charge < -0.3 is 21.3 Å². The first kappa shape index (κ1) is 18.4. The van der Waals surface area contributed by atoms with Crippen molar-refractivity contribution in [1.82, 2.24) is 4.90 Å². The number of hydrogen-bond donors (Lipinski definition) is 3. The summed E-state index contributed by atoms with van der Waals surface area (Å²) < 4.78 is 0. The zero-order valence-corrected chi connectivity index (χ0v) is 15.1. The largest absolute Gasteiger partial charge is 0.397 e. The Morgan fingerprint density at radius 3 is 2.41 bits per heavy atom. The molecule has 7 heteroatoms. The van der Waals surface area contributed by atoms with Gasteiger partial charge in [0.05, 0.1) is 11.4 Å². The van der Waals surface area contributed by atoms with E-state index in [-0.39, 0.29) is 17.7 Å². The first-order chi connectivity index (χ1) is 13.0. The molecule has 1 fully saturated rings. The van der Waals surface area contributed by atoms with E-state index in [4.69, 9.17) is 5.73 Å². The number of amides is 3. The number of nitrogen functional groups attached to an aromatic ring is 1. The summed E-state index contributed by atoms with van der Waals surface area (Å²) in [5.74, 6) is -0.536. The van der Waals surface area contributed by atoms with Gasteiger partial charge in [0.2, 0.25) is 11.8 Å². The minimum atomic E-state index is -0.524. The van der Waals surface area contributed by atoms with Gasteiger partial charge in [0.1, 0.15) is 6.04 Å². The van der Waals surface area contributed by atoms with E-state index in [1.165, 1.54) is 0 Å². The van der Waals surface area contributed by atoms with E-state index in [1.807, 2.05) is 0 Å². The maximum atomic E-state index is 12.3. The molecule has 0 aliphatic carbocycles. The second kappa shape index (κ2) is 7.90. The van der Waals surface area contributed by atoms with Crippen LogP contribution in [0.1, 0.15) is 30.1 Å². The SMILES string of the molecule is CC(C(=O)Nc1ccc(C(=O)Nc2ccccc2N)cc1)N1CCCC1=O. The van der Waals surface area contributed by atoms with Gasteiger partial charge in [-0.25, -0.2) is 0 Å². The van der Waals surface area contributed by atoms with Crippen molar-refractivity contribution in [1.29, 1.82) is 0 Å². The van der Waals surface area contributed by atoms with E-state index in [9.17, 15) is 14.4 Å². The van der Waals surface area contributed by atoms with Crippen molar-refractivity contribution < 1.29 is 14.4 Å². The maximum absolute atomic E-state index is 12.3. The number of nitrogens with two attached hydrogens (primary N) is 1. The van der Waals surface area contributed by atoms with Gasteiger partial charge in [0.25, 0.3) is 5.91 Å². The third kappa shape index (κ3) is 4.25. The lowest BCUT2D eigenvalue weighted by molar-refractivity contribution is -0.134. The average Bonchev–Trinajstić information content (AvgIpc) is 3.09. The quantitative estimate of drug-likeness (QED) is 0.707. The van der Waals surface area contributed by atoms with Crippen molar-refractivity contribution in [3.63, 3.8) is 0 Å². The topological polar surface area (TPSA) is 105 Å². The summed E-state index contributed by atoms with van der Waals surface area (Å²) in [6.07, 6.45) is 1.28. The van der Waals surface area contributed by atoms with Gasteiger partial charge in [0.15, 0.2) is 0 Å². The van der Waals surface area contributed by atoms with Crippen LogP contribution in [0.25, 0.3) is 0 Å². The highest BCUT2D eigenvalue weighted by Gasteiger charge is 2.29. The smallest absolute Gasteiger partial charge is 0.255 e. The highest BCUT2D eigenvalue weighted by atomic mass is 16.2. The Morgan fingerprint density at radius 1 is 1.07 bits per heavy atom. The van der Waals surface area contributed by atoms with Crippen LogP contribution in [0, 0.1) is 0 Å². The fourth-order valence-corrected chi connectivity index (χ4v) is 2.98. The Balaban J connectivity index is 1.61. The van der Waals surface area contributed by atoms with E-state index in [0.717, 1.165) is 6.42 Å². The lowest BCUT2D eigenvalue weighted by Gasteiger charge is -2.23. The molecular formula is C20H22N4O3. The summed E-state index contributed by atoms with van der Waals surface area (Å²) in [6.45, 7) is 2.32. The molecule has 1 aliphatic heterocycles. The molecule has 0 aromatic heterocycles. The molecule has 1 heterocycles. The van der Waals surface area contributed by atoms with E-state index >= 15 is 0 Å². The Morgan fingerprint density at radius 2 is 1.78 bits per heavy atom. The molecule has 140 valence electrons. The van der Waals surface area contributed by atoms with Gasteiger partial charge in [0, 0.05) is 24.2 Å². The van der Waals surface area contributed by atoms with Crippen LogP contribution in [0.15, 0.2) is 48.5 Å². The number of nitrogens with one attached hydrogen (secondary N) is 2. The predicted octanol–water partition coefficient (Wildman–Crippen LogP) is 2.47. The number of rotatable bonds is 5. The predicted molar refractivity (Wildman–Crippen MR) is 104 cm³/mol. The number of hydrogen-bond acceptors (Lipinski definition) is 4. The zero-order chi connectivity index (χ0) is 19.4. The summed E-state index contributed by atoms with van der Waals surface area (Å²) in [4.78, 5) is 38.0. The van der Waals surface area contributed by atoms with Crippen LogP contribution in [0.2, 0.25) is 0 Å². The Bertz CT molecular complexity index is 864. The minimum Gasteiger partial charge on any atom is -0.397 e. The van der Waals surface area contributed by atoms with Gasteiger partial charge in [-0.1, -0.05) is 12.1 Å². The lowest BCUT2D eigenvalue weighted by Crippen LogP contribution is -2.42. The van der Waals surface area contributed by atoms with E-state index in [0.29, 0.717) is 35.6 Å². The van der Waals surface area contributed by atoms with Crippen molar-refractivity contribution in [2.45, 2.75) is 25.8 Å². The fraction of sp³-hybridized carbons (Fsp3) is 0.250. The molecule has 2 aromatic rings. The van der Waals surface area contributed by atoms with Crippen LogP contribution in [-0.4, -0.2) is 35.2 Å². The molecule has 3 amide bonds. The Kier molecular flexibility index (Phi) is 5.40. The standard InChI is InChI=1S/C20H22N4O3/c1-13(24-12-4-7-18(24)25)19(26)22-15-10-8-14(9-11-15)20(27)23-17-6-3-2-5-16(17)21/h2-3,5-6,8-11,13H,4,7,12,21H2,1H3,(H,22,26)(H,23,27). The average molecular weight is 366 g/mol. The summed E-state index contributed by atoms with van der Waals surface area (Å²) in [7, 11) is 0. The molecule has 7 nitrogen and oxygen atoms in total. The van der Waals surface area contributed by atoms with Gasteiger partial charge >= 0.3 is 0 Å². The summed E-state index contributed by atoms with van der Waals surface area (Å²) in [5, 5.41) is 5.53. The van der Waals surface area contributed by atoms with Crippen LogP contribution < -0.4 is 16.4 Å². The number of likely N-dealkylation sites (tertiary alicyclic amines) is 1. The van der Waals surface area contributed by atoms with E-state index in [2.05, 4.69) is 10.6 Å². The Labute approximate surface area is 157 Å². The molecule has 1 unspecified atom stereocenters. The lowest BCUT2D eigenvalue weighted by atomic mass is 10.1. The second-order valence-electron chi connectivity index (χ2n) is 6.47. The maximum Gasteiger partial charge on any atom is 0.255 e. The number of anilines is 3. The van der Waals surface area contributed by atoms with Gasteiger partial charge in [-0.05, 0) is 49.7 Å². The molecule has 0 radical (unpaired) electrons. The fourth-order valence-electron chi connectivity index (χ4n) is 2.98. The molecule has 1 atom stereocenters. The molecule has 0 saturated carbocycles. The third-order valence-electron chi connectivity index (χ3n) is 4.58.